The largest absolute Gasteiger partial charge is 0.398 e. The zero-order chi connectivity index (χ0) is 14.5. The molecule has 0 radical (unpaired) electrons. The van der Waals surface area contributed by atoms with E-state index in [4.69, 9.17) is 5.73 Å². The summed E-state index contributed by atoms with van der Waals surface area (Å²) in [5.74, 6) is -0.528. The summed E-state index contributed by atoms with van der Waals surface area (Å²) in [6.45, 7) is 6.00. The van der Waals surface area contributed by atoms with Gasteiger partial charge in [-0.2, -0.15) is 0 Å². The minimum atomic E-state index is -0.589. The van der Waals surface area contributed by atoms with Gasteiger partial charge in [0.25, 0.3) is 5.91 Å². The lowest BCUT2D eigenvalue weighted by molar-refractivity contribution is 0.0965. The van der Waals surface area contributed by atoms with Crippen LogP contribution in [0.1, 0.15) is 31.1 Å². The number of carbonyl (C=O) groups excluding carboxylic acids is 2. The Morgan fingerprint density at radius 3 is 2.42 bits per heavy atom. The van der Waals surface area contributed by atoms with Gasteiger partial charge >= 0.3 is 6.03 Å². The quantitative estimate of drug-likeness (QED) is 0.714. The minimum absolute atomic E-state index is 0.0405. The van der Waals surface area contributed by atoms with Crippen molar-refractivity contribution < 1.29 is 9.59 Å². The number of nitrogens with two attached hydrogens (primary N) is 1. The van der Waals surface area contributed by atoms with Gasteiger partial charge in [-0.15, -0.1) is 0 Å². The van der Waals surface area contributed by atoms with E-state index in [0.29, 0.717) is 5.69 Å². The van der Waals surface area contributed by atoms with Crippen molar-refractivity contribution in [1.82, 2.24) is 10.6 Å². The zero-order valence-corrected chi connectivity index (χ0v) is 11.4. The maximum atomic E-state index is 11.8. The molecule has 0 aliphatic heterocycles. The van der Waals surface area contributed by atoms with Crippen LogP contribution in [0.15, 0.2) is 36.5 Å². The number of anilines is 1. The molecule has 0 spiro atoms. The van der Waals surface area contributed by atoms with E-state index in [2.05, 4.69) is 10.6 Å². The molecule has 0 aliphatic carbocycles. The number of nitrogens with one attached hydrogen (secondary N) is 2. The van der Waals surface area contributed by atoms with E-state index >= 15 is 0 Å². The van der Waals surface area contributed by atoms with Crippen LogP contribution in [-0.4, -0.2) is 11.9 Å². The Hall–Kier alpha value is -2.30. The van der Waals surface area contributed by atoms with Gasteiger partial charge in [0.15, 0.2) is 0 Å². The van der Waals surface area contributed by atoms with Crippen LogP contribution in [0.25, 0.3) is 0 Å². The smallest absolute Gasteiger partial charge is 0.325 e. The fraction of sp³-hybridized carbons (Fsp3) is 0.286. The molecule has 1 aromatic rings. The van der Waals surface area contributed by atoms with Crippen molar-refractivity contribution in [3.63, 3.8) is 0 Å². The third-order valence-electron chi connectivity index (χ3n) is 2.23. The third kappa shape index (κ3) is 5.25. The molecule has 0 fully saturated rings. The zero-order valence-electron chi connectivity index (χ0n) is 11.4. The Labute approximate surface area is 112 Å². The van der Waals surface area contributed by atoms with Crippen LogP contribution in [0.3, 0.4) is 0 Å². The fourth-order valence-corrected chi connectivity index (χ4v) is 1.28. The van der Waals surface area contributed by atoms with Crippen LogP contribution in [-0.2, 0) is 0 Å². The Balaban J connectivity index is 2.56. The molecule has 0 saturated carbocycles. The lowest BCUT2D eigenvalue weighted by Gasteiger charge is -2.11. The molecule has 0 aromatic heterocycles. The van der Waals surface area contributed by atoms with E-state index in [1.54, 1.807) is 24.3 Å². The first-order chi connectivity index (χ1) is 8.79. The Morgan fingerprint density at radius 2 is 1.84 bits per heavy atom. The average molecular weight is 261 g/mol. The predicted octanol–water partition coefficient (Wildman–Crippen LogP) is 2.27. The highest BCUT2D eigenvalue weighted by Crippen LogP contribution is 2.13. The molecule has 0 saturated heterocycles. The predicted molar refractivity (Wildman–Crippen MR) is 75.4 cm³/mol. The molecule has 1 aromatic carbocycles. The second kappa shape index (κ2) is 6.04. The summed E-state index contributed by atoms with van der Waals surface area (Å²) in [4.78, 5) is 23.2. The first kappa shape index (κ1) is 14.8. The lowest BCUT2D eigenvalue weighted by Crippen LogP contribution is -2.37. The van der Waals surface area contributed by atoms with Crippen LogP contribution < -0.4 is 16.4 Å². The summed E-state index contributed by atoms with van der Waals surface area (Å²) in [5.41, 5.74) is 6.21. The number of allylic oxidation sites excluding steroid dienone is 1. The molecule has 19 heavy (non-hydrogen) atoms. The van der Waals surface area contributed by atoms with E-state index in [0.717, 1.165) is 0 Å². The van der Waals surface area contributed by atoms with E-state index in [9.17, 15) is 9.59 Å². The second-order valence-electron chi connectivity index (χ2n) is 5.21. The standard InChI is InChI=1S/C14H19N3O2/c1-14(2,3)8-9-16-13(19)17-12(18)10-6-4-5-7-11(10)15/h4-9H,15H2,1-3H3,(H2,16,17,18,19)/b9-8+. The number of para-hydroxylation sites is 1. The summed E-state index contributed by atoms with van der Waals surface area (Å²) in [5, 5.41) is 4.67. The fourth-order valence-electron chi connectivity index (χ4n) is 1.28. The maximum absolute atomic E-state index is 11.8. The summed E-state index contributed by atoms with van der Waals surface area (Å²) in [6.07, 6.45) is 3.34. The number of benzene rings is 1. The number of carbonyl (C=O) groups is 2. The van der Waals surface area contributed by atoms with Gasteiger partial charge in [-0.1, -0.05) is 39.0 Å². The van der Waals surface area contributed by atoms with Crippen molar-refractivity contribution in [2.75, 3.05) is 5.73 Å². The lowest BCUT2D eigenvalue weighted by atomic mass is 9.97. The molecule has 0 aliphatic rings. The van der Waals surface area contributed by atoms with Crippen molar-refractivity contribution in [2.45, 2.75) is 20.8 Å². The molecular weight excluding hydrogens is 242 g/mol. The van der Waals surface area contributed by atoms with Gasteiger partial charge in [0.05, 0.1) is 5.56 Å². The first-order valence-electron chi connectivity index (χ1n) is 5.93. The van der Waals surface area contributed by atoms with Crippen molar-refractivity contribution in [1.29, 1.82) is 0 Å². The summed E-state index contributed by atoms with van der Waals surface area (Å²) in [7, 11) is 0. The van der Waals surface area contributed by atoms with E-state index in [1.807, 2.05) is 26.8 Å². The number of hydrogen-bond donors (Lipinski definition) is 3. The molecule has 0 unspecified atom stereocenters. The van der Waals surface area contributed by atoms with Crippen molar-refractivity contribution in [2.24, 2.45) is 5.41 Å². The number of amides is 3. The van der Waals surface area contributed by atoms with Crippen molar-refractivity contribution in [3.8, 4) is 0 Å². The van der Waals surface area contributed by atoms with Gasteiger partial charge in [-0.25, -0.2) is 4.79 Å². The Bertz CT molecular complexity index is 502. The highest BCUT2D eigenvalue weighted by Gasteiger charge is 2.11. The number of nitrogen functional groups attached to an aromatic ring is 1. The second-order valence-corrected chi connectivity index (χ2v) is 5.21. The number of rotatable bonds is 2. The van der Waals surface area contributed by atoms with Crippen molar-refractivity contribution >= 4 is 17.6 Å². The minimum Gasteiger partial charge on any atom is -0.398 e. The monoisotopic (exact) mass is 261 g/mol. The van der Waals surface area contributed by atoms with Gasteiger partial charge in [-0.3, -0.25) is 10.1 Å². The van der Waals surface area contributed by atoms with Gasteiger partial charge in [0.1, 0.15) is 0 Å². The molecule has 0 bridgehead atoms. The third-order valence-corrected chi connectivity index (χ3v) is 2.23. The topological polar surface area (TPSA) is 84.2 Å². The molecule has 1 rings (SSSR count). The molecule has 5 heteroatoms. The molecule has 5 nitrogen and oxygen atoms in total. The highest BCUT2D eigenvalue weighted by molar-refractivity contribution is 6.07. The maximum Gasteiger partial charge on any atom is 0.325 e. The van der Waals surface area contributed by atoms with Gasteiger partial charge < -0.3 is 11.1 Å². The van der Waals surface area contributed by atoms with Crippen LogP contribution in [0.5, 0.6) is 0 Å². The van der Waals surface area contributed by atoms with Gasteiger partial charge in [-0.05, 0) is 17.5 Å². The van der Waals surface area contributed by atoms with Crippen LogP contribution in [0.4, 0.5) is 10.5 Å². The average Bonchev–Trinajstić information content (AvgIpc) is 2.27. The number of urea groups is 1. The Kier molecular flexibility index (Phi) is 4.69. The normalized spacial score (nSPS) is 11.3. The van der Waals surface area contributed by atoms with E-state index in [-0.39, 0.29) is 11.0 Å². The molecule has 0 atom stereocenters. The number of hydrogen-bond acceptors (Lipinski definition) is 3. The first-order valence-corrected chi connectivity index (χ1v) is 5.93. The molecular formula is C14H19N3O2. The SMILES string of the molecule is CC(C)(C)/C=C/NC(=O)NC(=O)c1ccccc1N. The Morgan fingerprint density at radius 1 is 1.21 bits per heavy atom. The van der Waals surface area contributed by atoms with E-state index < -0.39 is 11.9 Å². The van der Waals surface area contributed by atoms with Crippen LogP contribution >= 0.6 is 0 Å². The van der Waals surface area contributed by atoms with Crippen LogP contribution in [0.2, 0.25) is 0 Å². The molecule has 3 amide bonds. The van der Waals surface area contributed by atoms with Crippen LogP contribution in [0, 0.1) is 5.41 Å². The molecule has 0 heterocycles. The summed E-state index contributed by atoms with van der Waals surface area (Å²) < 4.78 is 0. The molecule has 102 valence electrons. The van der Waals surface area contributed by atoms with Gasteiger partial charge in [0.2, 0.25) is 0 Å². The van der Waals surface area contributed by atoms with Crippen molar-refractivity contribution in [3.05, 3.63) is 42.1 Å². The number of imide groups is 1. The summed E-state index contributed by atoms with van der Waals surface area (Å²) >= 11 is 0. The molecule has 4 N–H and O–H groups in total. The van der Waals surface area contributed by atoms with E-state index in [1.165, 1.54) is 6.20 Å². The summed E-state index contributed by atoms with van der Waals surface area (Å²) in [6, 6.07) is 5.98. The van der Waals surface area contributed by atoms with Gasteiger partial charge in [0, 0.05) is 11.9 Å². The highest BCUT2D eigenvalue weighted by atomic mass is 16.2.